The average molecular weight is 283 g/mol. The molecule has 0 saturated carbocycles. The SMILES string of the molecule is CCNC(c1ccc2c(c1)CCC2)c1ccc(F)cc1C. The third kappa shape index (κ3) is 2.86. The van der Waals surface area contributed by atoms with Gasteiger partial charge in [-0.3, -0.25) is 0 Å². The quantitative estimate of drug-likeness (QED) is 0.881. The van der Waals surface area contributed by atoms with E-state index in [0.717, 1.165) is 17.7 Å². The van der Waals surface area contributed by atoms with Gasteiger partial charge in [0.1, 0.15) is 5.82 Å². The zero-order valence-electron chi connectivity index (χ0n) is 12.7. The summed E-state index contributed by atoms with van der Waals surface area (Å²) < 4.78 is 13.4. The van der Waals surface area contributed by atoms with Crippen LogP contribution in [0.2, 0.25) is 0 Å². The van der Waals surface area contributed by atoms with Crippen molar-refractivity contribution in [2.24, 2.45) is 0 Å². The lowest BCUT2D eigenvalue weighted by Crippen LogP contribution is -2.23. The fourth-order valence-corrected chi connectivity index (χ4v) is 3.35. The molecule has 1 aliphatic rings. The summed E-state index contributed by atoms with van der Waals surface area (Å²) in [5.41, 5.74) is 6.42. The van der Waals surface area contributed by atoms with Gasteiger partial charge in [0, 0.05) is 0 Å². The fourth-order valence-electron chi connectivity index (χ4n) is 3.35. The summed E-state index contributed by atoms with van der Waals surface area (Å²) in [5.74, 6) is -0.166. The second-order valence-electron chi connectivity index (χ2n) is 5.87. The molecule has 0 spiro atoms. The summed E-state index contributed by atoms with van der Waals surface area (Å²) in [7, 11) is 0. The number of aryl methyl sites for hydroxylation is 3. The minimum Gasteiger partial charge on any atom is -0.307 e. The Hall–Kier alpha value is -1.67. The Kier molecular flexibility index (Phi) is 4.07. The van der Waals surface area contributed by atoms with E-state index in [-0.39, 0.29) is 11.9 Å². The average Bonchev–Trinajstić information content (AvgIpc) is 2.93. The normalized spacial score (nSPS) is 15.0. The summed E-state index contributed by atoms with van der Waals surface area (Å²) in [4.78, 5) is 0. The van der Waals surface area contributed by atoms with Crippen LogP contribution in [0.5, 0.6) is 0 Å². The van der Waals surface area contributed by atoms with Gasteiger partial charge < -0.3 is 5.32 Å². The van der Waals surface area contributed by atoms with E-state index in [0.29, 0.717) is 0 Å². The standard InChI is InChI=1S/C19H22FN/c1-3-21-19(18-10-9-17(20)11-13(18)2)16-8-7-14-5-4-6-15(14)12-16/h7-12,19,21H,3-6H2,1-2H3. The predicted octanol–water partition coefficient (Wildman–Crippen LogP) is 4.32. The van der Waals surface area contributed by atoms with Crippen LogP contribution in [0.15, 0.2) is 36.4 Å². The summed E-state index contributed by atoms with van der Waals surface area (Å²) in [6.45, 7) is 4.98. The molecule has 0 aromatic heterocycles. The van der Waals surface area contributed by atoms with E-state index in [1.54, 1.807) is 12.1 Å². The van der Waals surface area contributed by atoms with Gasteiger partial charge in [-0.15, -0.1) is 0 Å². The molecule has 1 nitrogen and oxygen atoms in total. The van der Waals surface area contributed by atoms with E-state index in [1.165, 1.54) is 36.0 Å². The molecule has 0 saturated heterocycles. The van der Waals surface area contributed by atoms with Gasteiger partial charge in [0.25, 0.3) is 0 Å². The van der Waals surface area contributed by atoms with E-state index in [4.69, 9.17) is 0 Å². The lowest BCUT2D eigenvalue weighted by molar-refractivity contribution is 0.609. The highest BCUT2D eigenvalue weighted by Gasteiger charge is 2.18. The van der Waals surface area contributed by atoms with E-state index >= 15 is 0 Å². The van der Waals surface area contributed by atoms with Gasteiger partial charge >= 0.3 is 0 Å². The summed E-state index contributed by atoms with van der Waals surface area (Å²) >= 11 is 0. The van der Waals surface area contributed by atoms with Gasteiger partial charge in [0.15, 0.2) is 0 Å². The molecule has 1 unspecified atom stereocenters. The van der Waals surface area contributed by atoms with Crippen LogP contribution in [-0.2, 0) is 12.8 Å². The highest BCUT2D eigenvalue weighted by Crippen LogP contribution is 2.30. The molecule has 0 radical (unpaired) electrons. The van der Waals surface area contributed by atoms with Gasteiger partial charge in [-0.05, 0) is 72.7 Å². The third-order valence-corrected chi connectivity index (χ3v) is 4.41. The highest BCUT2D eigenvalue weighted by molar-refractivity contribution is 5.42. The van der Waals surface area contributed by atoms with Crippen LogP contribution in [-0.4, -0.2) is 6.54 Å². The maximum atomic E-state index is 13.4. The molecule has 0 fully saturated rings. The van der Waals surface area contributed by atoms with Gasteiger partial charge in [0.2, 0.25) is 0 Å². The molecule has 1 aliphatic carbocycles. The van der Waals surface area contributed by atoms with Crippen molar-refractivity contribution in [1.82, 2.24) is 5.32 Å². The van der Waals surface area contributed by atoms with Crippen LogP contribution in [0.3, 0.4) is 0 Å². The van der Waals surface area contributed by atoms with Crippen LogP contribution in [0.1, 0.15) is 47.2 Å². The zero-order chi connectivity index (χ0) is 14.8. The Balaban J connectivity index is 2.01. The molecule has 110 valence electrons. The van der Waals surface area contributed by atoms with Crippen LogP contribution < -0.4 is 5.32 Å². The number of hydrogen-bond donors (Lipinski definition) is 1. The molecular weight excluding hydrogens is 261 g/mol. The zero-order valence-corrected chi connectivity index (χ0v) is 12.7. The molecule has 21 heavy (non-hydrogen) atoms. The van der Waals surface area contributed by atoms with Crippen LogP contribution in [0.25, 0.3) is 0 Å². The van der Waals surface area contributed by atoms with Crippen molar-refractivity contribution in [3.8, 4) is 0 Å². The second kappa shape index (κ2) is 5.98. The van der Waals surface area contributed by atoms with Crippen molar-refractivity contribution >= 4 is 0 Å². The van der Waals surface area contributed by atoms with E-state index < -0.39 is 0 Å². The highest BCUT2D eigenvalue weighted by atomic mass is 19.1. The largest absolute Gasteiger partial charge is 0.307 e. The molecular formula is C19H22FN. The Bertz CT molecular complexity index is 648. The molecule has 2 aromatic rings. The Morgan fingerprint density at radius 3 is 2.67 bits per heavy atom. The maximum Gasteiger partial charge on any atom is 0.123 e. The molecule has 0 bridgehead atoms. The lowest BCUT2D eigenvalue weighted by atomic mass is 9.93. The molecule has 1 atom stereocenters. The number of hydrogen-bond acceptors (Lipinski definition) is 1. The lowest BCUT2D eigenvalue weighted by Gasteiger charge is -2.22. The van der Waals surface area contributed by atoms with Crippen molar-refractivity contribution < 1.29 is 4.39 Å². The molecule has 1 N–H and O–H groups in total. The first-order chi connectivity index (χ1) is 10.2. The second-order valence-corrected chi connectivity index (χ2v) is 5.87. The number of nitrogens with one attached hydrogen (secondary N) is 1. The number of rotatable bonds is 4. The van der Waals surface area contributed by atoms with Gasteiger partial charge in [-0.2, -0.15) is 0 Å². The van der Waals surface area contributed by atoms with Crippen LogP contribution in [0, 0.1) is 12.7 Å². The van der Waals surface area contributed by atoms with Gasteiger partial charge in [-0.25, -0.2) is 4.39 Å². The number of halogens is 1. The minimum atomic E-state index is -0.166. The monoisotopic (exact) mass is 283 g/mol. The first kappa shape index (κ1) is 14.3. The number of benzene rings is 2. The maximum absolute atomic E-state index is 13.4. The summed E-state index contributed by atoms with van der Waals surface area (Å²) in [6.07, 6.45) is 3.65. The Labute approximate surface area is 126 Å². The number of fused-ring (bicyclic) bond motifs is 1. The van der Waals surface area contributed by atoms with Crippen molar-refractivity contribution in [3.05, 3.63) is 70.0 Å². The first-order valence-corrected chi connectivity index (χ1v) is 7.80. The molecule has 0 heterocycles. The summed E-state index contributed by atoms with van der Waals surface area (Å²) in [5, 5.41) is 3.54. The molecule has 2 heteroatoms. The van der Waals surface area contributed by atoms with Gasteiger partial charge in [0.05, 0.1) is 6.04 Å². The molecule has 0 amide bonds. The van der Waals surface area contributed by atoms with E-state index in [1.807, 2.05) is 13.0 Å². The van der Waals surface area contributed by atoms with Crippen LogP contribution in [0.4, 0.5) is 4.39 Å². The molecule has 3 rings (SSSR count). The molecule has 0 aliphatic heterocycles. The topological polar surface area (TPSA) is 12.0 Å². The predicted molar refractivity (Wildman–Crippen MR) is 85.1 cm³/mol. The van der Waals surface area contributed by atoms with Crippen LogP contribution >= 0.6 is 0 Å². The Morgan fingerprint density at radius 1 is 1.10 bits per heavy atom. The summed E-state index contributed by atoms with van der Waals surface area (Å²) in [6, 6.07) is 12.0. The molecule has 2 aromatic carbocycles. The van der Waals surface area contributed by atoms with E-state index in [2.05, 4.69) is 30.4 Å². The van der Waals surface area contributed by atoms with Crippen molar-refractivity contribution in [3.63, 3.8) is 0 Å². The third-order valence-electron chi connectivity index (χ3n) is 4.41. The minimum absolute atomic E-state index is 0.140. The van der Waals surface area contributed by atoms with E-state index in [9.17, 15) is 4.39 Å². The van der Waals surface area contributed by atoms with Crippen molar-refractivity contribution in [1.29, 1.82) is 0 Å². The van der Waals surface area contributed by atoms with Crippen molar-refractivity contribution in [2.75, 3.05) is 6.54 Å². The smallest absolute Gasteiger partial charge is 0.123 e. The Morgan fingerprint density at radius 2 is 1.90 bits per heavy atom. The van der Waals surface area contributed by atoms with Gasteiger partial charge in [-0.1, -0.05) is 31.2 Å². The first-order valence-electron chi connectivity index (χ1n) is 7.80. The van der Waals surface area contributed by atoms with Crippen molar-refractivity contribution in [2.45, 2.75) is 39.2 Å². The fraction of sp³-hybridized carbons (Fsp3) is 0.368.